The van der Waals surface area contributed by atoms with Crippen molar-refractivity contribution in [1.29, 1.82) is 0 Å². The Hall–Kier alpha value is -1.07. The molecule has 4 nitrogen and oxygen atoms in total. The second-order valence-corrected chi connectivity index (χ2v) is 6.24. The van der Waals surface area contributed by atoms with Crippen molar-refractivity contribution in [1.82, 2.24) is 0 Å². The molecular weight excluding hydrogens is 320 g/mol. The summed E-state index contributed by atoms with van der Waals surface area (Å²) in [5.74, 6) is 0.256. The lowest BCUT2D eigenvalue weighted by molar-refractivity contribution is -0.116. The van der Waals surface area contributed by atoms with E-state index in [-0.39, 0.29) is 16.7 Å². The number of morpholine rings is 1. The van der Waals surface area contributed by atoms with Gasteiger partial charge in [0.15, 0.2) is 0 Å². The first-order chi connectivity index (χ1) is 9.59. The smallest absolute Gasteiger partial charge is 0.238 e. The van der Waals surface area contributed by atoms with Gasteiger partial charge in [-0.05, 0) is 18.1 Å². The molecule has 0 bridgehead atoms. The summed E-state index contributed by atoms with van der Waals surface area (Å²) in [5, 5.41) is 3.02. The molecule has 20 heavy (non-hydrogen) atoms. The summed E-state index contributed by atoms with van der Waals surface area (Å²) in [5.41, 5.74) is 1.93. The molecule has 1 unspecified atom stereocenters. The first-order valence-electron chi connectivity index (χ1n) is 6.96. The summed E-state index contributed by atoms with van der Waals surface area (Å²) in [6, 6.07) is 7.93. The van der Waals surface area contributed by atoms with Crippen molar-refractivity contribution in [3.63, 3.8) is 0 Å². The van der Waals surface area contributed by atoms with Crippen molar-refractivity contribution in [2.45, 2.75) is 18.7 Å². The molecule has 0 spiro atoms. The molecule has 1 aromatic rings. The van der Waals surface area contributed by atoms with Gasteiger partial charge in [0.25, 0.3) is 0 Å². The number of amides is 1. The summed E-state index contributed by atoms with van der Waals surface area (Å²) in [7, 11) is 0. The van der Waals surface area contributed by atoms with E-state index in [1.165, 1.54) is 0 Å². The third-order valence-corrected chi connectivity index (χ3v) is 4.82. The Morgan fingerprint density at radius 3 is 2.60 bits per heavy atom. The fourth-order valence-electron chi connectivity index (χ4n) is 2.16. The molecule has 1 aliphatic heterocycles. The van der Waals surface area contributed by atoms with Gasteiger partial charge >= 0.3 is 0 Å². The van der Waals surface area contributed by atoms with Crippen molar-refractivity contribution in [2.75, 3.05) is 36.5 Å². The van der Waals surface area contributed by atoms with Crippen LogP contribution in [0.5, 0.6) is 0 Å². The minimum absolute atomic E-state index is 0.000657. The Labute approximate surface area is 128 Å². The van der Waals surface area contributed by atoms with Crippen LogP contribution in [-0.2, 0) is 9.53 Å². The van der Waals surface area contributed by atoms with E-state index in [4.69, 9.17) is 4.74 Å². The van der Waals surface area contributed by atoms with Crippen molar-refractivity contribution in [3.05, 3.63) is 24.3 Å². The molecule has 2 rings (SSSR count). The molecule has 0 aromatic heterocycles. The van der Waals surface area contributed by atoms with Gasteiger partial charge in [-0.25, -0.2) is 0 Å². The van der Waals surface area contributed by atoms with E-state index in [2.05, 4.69) is 26.1 Å². The average molecular weight is 341 g/mol. The number of ether oxygens (including phenoxy) is 1. The topological polar surface area (TPSA) is 41.6 Å². The zero-order valence-corrected chi connectivity index (χ0v) is 13.5. The second-order valence-electron chi connectivity index (χ2n) is 5.25. The minimum atomic E-state index is -0.180. The average Bonchev–Trinajstić information content (AvgIpc) is 2.47. The van der Waals surface area contributed by atoms with Crippen LogP contribution in [0.15, 0.2) is 24.3 Å². The normalized spacial score (nSPS) is 17.1. The van der Waals surface area contributed by atoms with Crippen LogP contribution >= 0.6 is 15.9 Å². The molecule has 0 radical (unpaired) electrons. The number of alkyl halides is 1. The number of benzene rings is 1. The number of hydrogen-bond acceptors (Lipinski definition) is 3. The number of nitrogens with zero attached hydrogens (tertiary/aromatic N) is 1. The highest BCUT2D eigenvalue weighted by Crippen LogP contribution is 2.27. The predicted octanol–water partition coefficient (Wildman–Crippen LogP) is 2.88. The SMILES string of the molecule is CC(C)C(Br)C(=O)Nc1ccccc1N1CCOCC1. The second kappa shape index (κ2) is 7.09. The van der Waals surface area contributed by atoms with E-state index in [9.17, 15) is 4.79 Å². The Morgan fingerprint density at radius 2 is 1.95 bits per heavy atom. The molecule has 1 atom stereocenters. The van der Waals surface area contributed by atoms with Gasteiger partial charge in [-0.3, -0.25) is 4.79 Å². The van der Waals surface area contributed by atoms with Gasteiger partial charge < -0.3 is 15.0 Å². The van der Waals surface area contributed by atoms with Crippen LogP contribution in [0, 0.1) is 5.92 Å². The van der Waals surface area contributed by atoms with Crippen LogP contribution in [0.3, 0.4) is 0 Å². The van der Waals surface area contributed by atoms with Crippen molar-refractivity contribution in [2.24, 2.45) is 5.92 Å². The number of rotatable bonds is 4. The molecule has 5 heteroatoms. The number of para-hydroxylation sites is 2. The summed E-state index contributed by atoms with van der Waals surface area (Å²) >= 11 is 3.44. The van der Waals surface area contributed by atoms with E-state index < -0.39 is 0 Å². The Bertz CT molecular complexity index is 459. The van der Waals surface area contributed by atoms with E-state index in [1.807, 2.05) is 38.1 Å². The third kappa shape index (κ3) is 3.73. The fourth-order valence-corrected chi connectivity index (χ4v) is 2.28. The highest BCUT2D eigenvalue weighted by molar-refractivity contribution is 9.10. The first kappa shape index (κ1) is 15.3. The van der Waals surface area contributed by atoms with Gasteiger partial charge in [0.2, 0.25) is 5.91 Å². The Morgan fingerprint density at radius 1 is 1.30 bits per heavy atom. The van der Waals surface area contributed by atoms with Crippen LogP contribution in [0.25, 0.3) is 0 Å². The molecule has 1 aromatic carbocycles. The quantitative estimate of drug-likeness (QED) is 0.857. The Balaban J connectivity index is 2.13. The van der Waals surface area contributed by atoms with Crippen molar-refractivity contribution >= 4 is 33.2 Å². The fraction of sp³-hybridized carbons (Fsp3) is 0.533. The first-order valence-corrected chi connectivity index (χ1v) is 7.88. The highest BCUT2D eigenvalue weighted by atomic mass is 79.9. The molecule has 0 aliphatic carbocycles. The molecule has 1 heterocycles. The minimum Gasteiger partial charge on any atom is -0.378 e. The molecule has 1 saturated heterocycles. The van der Waals surface area contributed by atoms with E-state index in [0.717, 1.165) is 37.7 Å². The number of nitrogens with one attached hydrogen (secondary N) is 1. The maximum atomic E-state index is 12.2. The van der Waals surface area contributed by atoms with Crippen LogP contribution in [0.4, 0.5) is 11.4 Å². The maximum absolute atomic E-state index is 12.2. The van der Waals surface area contributed by atoms with Crippen molar-refractivity contribution in [3.8, 4) is 0 Å². The Kier molecular flexibility index (Phi) is 5.43. The zero-order valence-electron chi connectivity index (χ0n) is 11.9. The highest BCUT2D eigenvalue weighted by Gasteiger charge is 2.21. The lowest BCUT2D eigenvalue weighted by Crippen LogP contribution is -2.37. The van der Waals surface area contributed by atoms with Gasteiger partial charge in [0, 0.05) is 13.1 Å². The molecule has 0 saturated carbocycles. The van der Waals surface area contributed by atoms with E-state index >= 15 is 0 Å². The van der Waals surface area contributed by atoms with Crippen LogP contribution in [0.2, 0.25) is 0 Å². The largest absolute Gasteiger partial charge is 0.378 e. The summed E-state index contributed by atoms with van der Waals surface area (Å²) in [6.07, 6.45) is 0. The summed E-state index contributed by atoms with van der Waals surface area (Å²) in [6.45, 7) is 7.22. The third-order valence-electron chi connectivity index (χ3n) is 3.35. The van der Waals surface area contributed by atoms with Gasteiger partial charge in [-0.2, -0.15) is 0 Å². The van der Waals surface area contributed by atoms with E-state index in [0.29, 0.717) is 0 Å². The van der Waals surface area contributed by atoms with Crippen LogP contribution in [0.1, 0.15) is 13.8 Å². The standard InChI is InChI=1S/C15H21BrN2O2/c1-11(2)14(16)15(19)17-12-5-3-4-6-13(12)18-7-9-20-10-8-18/h3-6,11,14H,7-10H2,1-2H3,(H,17,19). The monoisotopic (exact) mass is 340 g/mol. The maximum Gasteiger partial charge on any atom is 0.238 e. The number of halogens is 1. The van der Waals surface area contributed by atoms with Gasteiger partial charge in [0.1, 0.15) is 0 Å². The number of anilines is 2. The molecular formula is C15H21BrN2O2. The molecule has 110 valence electrons. The molecule has 1 aliphatic rings. The van der Waals surface area contributed by atoms with Crippen LogP contribution < -0.4 is 10.2 Å². The van der Waals surface area contributed by atoms with Gasteiger partial charge in [-0.1, -0.05) is 41.9 Å². The summed E-state index contributed by atoms with van der Waals surface area (Å²) < 4.78 is 5.38. The lowest BCUT2D eigenvalue weighted by Gasteiger charge is -2.30. The van der Waals surface area contributed by atoms with Crippen molar-refractivity contribution < 1.29 is 9.53 Å². The molecule has 1 amide bonds. The number of carbonyl (C=O) groups is 1. The van der Waals surface area contributed by atoms with E-state index in [1.54, 1.807) is 0 Å². The lowest BCUT2D eigenvalue weighted by atomic mass is 10.1. The number of carbonyl (C=O) groups excluding carboxylic acids is 1. The predicted molar refractivity (Wildman–Crippen MR) is 85.7 cm³/mol. The zero-order chi connectivity index (χ0) is 14.5. The molecule has 1 fully saturated rings. The summed E-state index contributed by atoms with van der Waals surface area (Å²) in [4.78, 5) is 14.3. The molecule has 1 N–H and O–H groups in total. The van der Waals surface area contributed by atoms with Gasteiger partial charge in [-0.15, -0.1) is 0 Å². The van der Waals surface area contributed by atoms with Gasteiger partial charge in [0.05, 0.1) is 29.4 Å². The van der Waals surface area contributed by atoms with Crippen LogP contribution in [-0.4, -0.2) is 37.0 Å². The number of hydrogen-bond donors (Lipinski definition) is 1.